The Balaban J connectivity index is 1.66. The van der Waals surface area contributed by atoms with Gasteiger partial charge in [-0.3, -0.25) is 4.79 Å². The van der Waals surface area contributed by atoms with Gasteiger partial charge in [-0.2, -0.15) is 18.3 Å². The summed E-state index contributed by atoms with van der Waals surface area (Å²) >= 11 is 0. The van der Waals surface area contributed by atoms with Crippen LogP contribution in [0, 0.1) is 0 Å². The van der Waals surface area contributed by atoms with E-state index >= 15 is 0 Å². The molecule has 0 spiro atoms. The lowest BCUT2D eigenvalue weighted by Crippen LogP contribution is -2.50. The van der Waals surface area contributed by atoms with Crippen molar-refractivity contribution in [2.45, 2.75) is 37.4 Å². The zero-order chi connectivity index (χ0) is 19.7. The Morgan fingerprint density at radius 1 is 1.19 bits per heavy atom. The van der Waals surface area contributed by atoms with Crippen LogP contribution in [0.25, 0.3) is 5.69 Å². The van der Waals surface area contributed by atoms with Gasteiger partial charge in [-0.25, -0.2) is 4.68 Å². The topological polar surface area (TPSA) is 50.2 Å². The Kier molecular flexibility index (Phi) is 5.28. The highest BCUT2D eigenvalue weighted by Gasteiger charge is 2.36. The highest BCUT2D eigenvalue weighted by atomic mass is 19.4. The molecule has 146 valence electrons. The molecule has 1 saturated carbocycles. The predicted octanol–water partition coefficient (Wildman–Crippen LogP) is 3.50. The molecule has 0 atom stereocenters. The van der Waals surface area contributed by atoms with E-state index in [-0.39, 0.29) is 11.4 Å². The van der Waals surface area contributed by atoms with E-state index in [0.29, 0.717) is 17.8 Å². The number of carbonyl (C=O) groups is 1. The third kappa shape index (κ3) is 4.16. The van der Waals surface area contributed by atoms with Gasteiger partial charge in [0.2, 0.25) is 0 Å². The Labute approximate surface area is 156 Å². The summed E-state index contributed by atoms with van der Waals surface area (Å²) in [6.07, 6.45) is 1.20. The second-order valence-corrected chi connectivity index (χ2v) is 7.20. The van der Waals surface area contributed by atoms with Crippen LogP contribution in [0.5, 0.6) is 0 Å². The predicted molar refractivity (Wildman–Crippen MR) is 95.8 cm³/mol. The molecule has 0 aliphatic heterocycles. The van der Waals surface area contributed by atoms with Crippen LogP contribution in [0.4, 0.5) is 13.2 Å². The molecule has 0 unspecified atom stereocenters. The molecule has 1 aliphatic rings. The van der Waals surface area contributed by atoms with Crippen LogP contribution >= 0.6 is 0 Å². The first-order chi connectivity index (χ1) is 12.7. The summed E-state index contributed by atoms with van der Waals surface area (Å²) in [5.41, 5.74) is -0.0233. The number of alkyl halides is 3. The molecule has 3 rings (SSSR count). The summed E-state index contributed by atoms with van der Waals surface area (Å²) in [6, 6.07) is 7.27. The number of rotatable bonds is 5. The highest BCUT2D eigenvalue weighted by molar-refractivity contribution is 5.94. The van der Waals surface area contributed by atoms with Crippen molar-refractivity contribution in [1.29, 1.82) is 0 Å². The fourth-order valence-electron chi connectivity index (χ4n) is 3.55. The molecule has 1 aromatic heterocycles. The van der Waals surface area contributed by atoms with Gasteiger partial charge < -0.3 is 10.2 Å². The van der Waals surface area contributed by atoms with Crippen molar-refractivity contribution >= 4 is 5.91 Å². The third-order valence-corrected chi connectivity index (χ3v) is 5.33. The SMILES string of the molecule is CN(C)C1(CNC(=O)c2ccc(-n3ccc(C(F)(F)F)n3)cc2)CCCC1. The lowest BCUT2D eigenvalue weighted by atomic mass is 9.96. The van der Waals surface area contributed by atoms with Crippen LogP contribution in [-0.4, -0.2) is 46.8 Å². The Morgan fingerprint density at radius 2 is 1.81 bits per heavy atom. The smallest absolute Gasteiger partial charge is 0.350 e. The van der Waals surface area contributed by atoms with Gasteiger partial charge in [-0.05, 0) is 57.3 Å². The molecule has 1 amide bonds. The average molecular weight is 380 g/mol. The number of hydrogen-bond donors (Lipinski definition) is 1. The lowest BCUT2D eigenvalue weighted by molar-refractivity contribution is -0.141. The molecule has 0 saturated heterocycles. The molecule has 1 aliphatic carbocycles. The van der Waals surface area contributed by atoms with Crippen molar-refractivity contribution in [3.8, 4) is 5.69 Å². The number of nitrogens with zero attached hydrogens (tertiary/aromatic N) is 3. The van der Waals surface area contributed by atoms with Crippen LogP contribution < -0.4 is 5.32 Å². The molecule has 0 radical (unpaired) electrons. The van der Waals surface area contributed by atoms with E-state index in [9.17, 15) is 18.0 Å². The number of carbonyl (C=O) groups excluding carboxylic acids is 1. The standard InChI is InChI=1S/C19H23F3N4O/c1-25(2)18(10-3-4-11-18)13-23-17(27)14-5-7-15(8-6-14)26-12-9-16(24-26)19(20,21)22/h5-9,12H,3-4,10-11,13H2,1-2H3,(H,23,27). The van der Waals surface area contributed by atoms with Crippen molar-refractivity contribution in [2.75, 3.05) is 20.6 Å². The molecule has 1 fully saturated rings. The van der Waals surface area contributed by atoms with Gasteiger partial charge >= 0.3 is 6.18 Å². The third-order valence-electron chi connectivity index (χ3n) is 5.33. The molecule has 2 aromatic rings. The summed E-state index contributed by atoms with van der Waals surface area (Å²) in [5.74, 6) is -0.189. The van der Waals surface area contributed by atoms with E-state index in [1.807, 2.05) is 14.1 Å². The number of nitrogens with one attached hydrogen (secondary N) is 1. The van der Waals surface area contributed by atoms with Crippen molar-refractivity contribution in [3.05, 3.63) is 47.8 Å². The number of benzene rings is 1. The average Bonchev–Trinajstić information content (AvgIpc) is 3.30. The first-order valence-electron chi connectivity index (χ1n) is 8.90. The molecule has 0 bridgehead atoms. The second-order valence-electron chi connectivity index (χ2n) is 7.20. The fraction of sp³-hybridized carbons (Fsp3) is 0.474. The minimum absolute atomic E-state index is 0.00133. The van der Waals surface area contributed by atoms with Crippen LogP contribution in [0.3, 0.4) is 0 Å². The van der Waals surface area contributed by atoms with Crippen molar-refractivity contribution < 1.29 is 18.0 Å². The summed E-state index contributed by atoms with van der Waals surface area (Å²) < 4.78 is 39.1. The van der Waals surface area contributed by atoms with Gasteiger partial charge in [-0.1, -0.05) is 12.8 Å². The number of amides is 1. The molecular formula is C19H23F3N4O. The normalized spacial score (nSPS) is 16.7. The summed E-state index contributed by atoms with van der Waals surface area (Å²) in [5, 5.41) is 6.52. The molecule has 5 nitrogen and oxygen atoms in total. The first-order valence-corrected chi connectivity index (χ1v) is 8.90. The fourth-order valence-corrected chi connectivity index (χ4v) is 3.55. The van der Waals surface area contributed by atoms with E-state index < -0.39 is 11.9 Å². The second kappa shape index (κ2) is 7.34. The summed E-state index contributed by atoms with van der Waals surface area (Å²) in [6.45, 7) is 0.578. The van der Waals surface area contributed by atoms with Crippen LogP contribution in [0.15, 0.2) is 36.5 Å². The largest absolute Gasteiger partial charge is 0.435 e. The zero-order valence-corrected chi connectivity index (χ0v) is 15.4. The number of halogens is 3. The van der Waals surface area contributed by atoms with Gasteiger partial charge in [0.15, 0.2) is 5.69 Å². The van der Waals surface area contributed by atoms with E-state index in [2.05, 4.69) is 15.3 Å². The van der Waals surface area contributed by atoms with Gasteiger partial charge in [0.25, 0.3) is 5.91 Å². The highest BCUT2D eigenvalue weighted by Crippen LogP contribution is 2.33. The Bertz CT molecular complexity index is 790. The number of aromatic nitrogens is 2. The van der Waals surface area contributed by atoms with Crippen molar-refractivity contribution in [3.63, 3.8) is 0 Å². The molecule has 1 N–H and O–H groups in total. The molecule has 27 heavy (non-hydrogen) atoms. The minimum Gasteiger partial charge on any atom is -0.350 e. The van der Waals surface area contributed by atoms with Crippen molar-refractivity contribution in [1.82, 2.24) is 20.0 Å². The minimum atomic E-state index is -4.48. The summed E-state index contributed by atoms with van der Waals surface area (Å²) in [4.78, 5) is 14.6. The summed E-state index contributed by atoms with van der Waals surface area (Å²) in [7, 11) is 4.07. The quantitative estimate of drug-likeness (QED) is 0.864. The Morgan fingerprint density at radius 3 is 2.33 bits per heavy atom. The van der Waals surface area contributed by atoms with Crippen molar-refractivity contribution in [2.24, 2.45) is 0 Å². The molecule has 1 aromatic carbocycles. The number of likely N-dealkylation sites (N-methyl/N-ethyl adjacent to an activating group) is 1. The van der Waals surface area contributed by atoms with Crippen LogP contribution in [0.1, 0.15) is 41.7 Å². The first kappa shape index (κ1) is 19.4. The van der Waals surface area contributed by atoms with Crippen LogP contribution in [-0.2, 0) is 6.18 Å². The maximum absolute atomic E-state index is 12.7. The van der Waals surface area contributed by atoms with E-state index in [4.69, 9.17) is 0 Å². The van der Waals surface area contributed by atoms with Gasteiger partial charge in [-0.15, -0.1) is 0 Å². The maximum Gasteiger partial charge on any atom is 0.435 e. The van der Waals surface area contributed by atoms with E-state index in [1.165, 1.54) is 6.20 Å². The van der Waals surface area contributed by atoms with E-state index in [1.54, 1.807) is 24.3 Å². The lowest BCUT2D eigenvalue weighted by Gasteiger charge is -2.36. The molecule has 8 heteroatoms. The number of hydrogen-bond acceptors (Lipinski definition) is 3. The van der Waals surface area contributed by atoms with Gasteiger partial charge in [0.05, 0.1) is 5.69 Å². The monoisotopic (exact) mass is 380 g/mol. The van der Waals surface area contributed by atoms with Gasteiger partial charge in [0.1, 0.15) is 0 Å². The van der Waals surface area contributed by atoms with E-state index in [0.717, 1.165) is 36.4 Å². The Hall–Kier alpha value is -2.35. The maximum atomic E-state index is 12.7. The van der Waals surface area contributed by atoms with Crippen LogP contribution in [0.2, 0.25) is 0 Å². The molecule has 1 heterocycles. The molecular weight excluding hydrogens is 357 g/mol. The zero-order valence-electron chi connectivity index (χ0n) is 15.4. The van der Waals surface area contributed by atoms with Gasteiger partial charge in [0, 0.05) is 23.8 Å².